The van der Waals surface area contributed by atoms with Crippen LogP contribution in [0.4, 0.5) is 0 Å². The summed E-state index contributed by atoms with van der Waals surface area (Å²) in [5, 5.41) is 8.83. The Morgan fingerprint density at radius 2 is 1.64 bits per heavy atom. The molecule has 2 aromatic carbocycles. The highest BCUT2D eigenvalue weighted by Crippen LogP contribution is 2.33. The SMILES string of the molecule is COc1cc(C)c(S(=O)(=O)N(C)Cc2ccc(C#N)cc2)cc1OC. The zero-order valence-electron chi connectivity index (χ0n) is 14.6. The molecule has 0 amide bonds. The van der Waals surface area contributed by atoms with Gasteiger partial charge in [0.2, 0.25) is 10.0 Å². The maximum atomic E-state index is 12.9. The van der Waals surface area contributed by atoms with Gasteiger partial charge in [-0.25, -0.2) is 8.42 Å². The predicted molar refractivity (Wildman–Crippen MR) is 94.1 cm³/mol. The summed E-state index contributed by atoms with van der Waals surface area (Å²) < 4.78 is 37.5. The molecule has 7 heteroatoms. The van der Waals surface area contributed by atoms with Crippen molar-refractivity contribution in [3.8, 4) is 17.6 Å². The zero-order valence-corrected chi connectivity index (χ0v) is 15.4. The lowest BCUT2D eigenvalue weighted by molar-refractivity contribution is 0.353. The molecule has 0 atom stereocenters. The Morgan fingerprint density at radius 1 is 1.08 bits per heavy atom. The van der Waals surface area contributed by atoms with Crippen molar-refractivity contribution in [3.63, 3.8) is 0 Å². The van der Waals surface area contributed by atoms with Crippen LogP contribution in [0.1, 0.15) is 16.7 Å². The Morgan fingerprint density at radius 3 is 2.16 bits per heavy atom. The van der Waals surface area contributed by atoms with Gasteiger partial charge >= 0.3 is 0 Å². The standard InChI is InChI=1S/C18H20N2O4S/c1-13-9-16(23-3)17(24-4)10-18(13)25(21,22)20(2)12-15-7-5-14(11-19)6-8-15/h5-10H,12H2,1-4H3. The molecule has 0 unspecified atom stereocenters. The Labute approximate surface area is 148 Å². The molecule has 25 heavy (non-hydrogen) atoms. The van der Waals surface area contributed by atoms with E-state index in [1.54, 1.807) is 37.3 Å². The van der Waals surface area contributed by atoms with E-state index in [0.717, 1.165) is 5.56 Å². The molecule has 0 N–H and O–H groups in total. The maximum Gasteiger partial charge on any atom is 0.243 e. The Kier molecular flexibility index (Phi) is 5.67. The van der Waals surface area contributed by atoms with Gasteiger partial charge in [-0.1, -0.05) is 12.1 Å². The molecule has 6 nitrogen and oxygen atoms in total. The first-order valence-electron chi connectivity index (χ1n) is 7.51. The Bertz CT molecular complexity index is 900. The van der Waals surface area contributed by atoms with Gasteiger partial charge in [0, 0.05) is 19.7 Å². The number of ether oxygens (including phenoxy) is 2. The third-order valence-electron chi connectivity index (χ3n) is 3.86. The molecule has 0 aliphatic heterocycles. The number of nitriles is 1. The molecule has 132 valence electrons. The van der Waals surface area contributed by atoms with E-state index in [2.05, 4.69) is 0 Å². The minimum atomic E-state index is -3.71. The van der Waals surface area contributed by atoms with Crippen molar-refractivity contribution >= 4 is 10.0 Å². The fraction of sp³-hybridized carbons (Fsp3) is 0.278. The third kappa shape index (κ3) is 3.92. The number of benzene rings is 2. The average molecular weight is 360 g/mol. The van der Waals surface area contributed by atoms with Gasteiger partial charge in [0.05, 0.1) is 30.7 Å². The fourth-order valence-corrected chi connectivity index (χ4v) is 3.81. The van der Waals surface area contributed by atoms with Crippen LogP contribution in [-0.2, 0) is 16.6 Å². The highest BCUT2D eigenvalue weighted by molar-refractivity contribution is 7.89. The molecule has 0 heterocycles. The number of hydrogen-bond donors (Lipinski definition) is 0. The second-order valence-corrected chi connectivity index (χ2v) is 7.56. The summed E-state index contributed by atoms with van der Waals surface area (Å²) in [5.41, 5.74) is 1.90. The summed E-state index contributed by atoms with van der Waals surface area (Å²) in [5.74, 6) is 0.840. The van der Waals surface area contributed by atoms with Gasteiger partial charge in [-0.3, -0.25) is 0 Å². The lowest BCUT2D eigenvalue weighted by Crippen LogP contribution is -2.27. The van der Waals surface area contributed by atoms with Crippen molar-refractivity contribution in [2.75, 3.05) is 21.3 Å². The molecular weight excluding hydrogens is 340 g/mol. The molecular formula is C18H20N2O4S. The summed E-state index contributed by atoms with van der Waals surface area (Å²) in [4.78, 5) is 0.168. The Hall–Kier alpha value is -2.56. The molecule has 0 spiro atoms. The zero-order chi connectivity index (χ0) is 18.6. The van der Waals surface area contributed by atoms with Gasteiger partial charge in [-0.2, -0.15) is 9.57 Å². The molecule has 0 bridgehead atoms. The van der Waals surface area contributed by atoms with E-state index in [-0.39, 0.29) is 11.4 Å². The molecule has 2 aromatic rings. The highest BCUT2D eigenvalue weighted by atomic mass is 32.2. The van der Waals surface area contributed by atoms with Crippen molar-refractivity contribution in [1.82, 2.24) is 4.31 Å². The van der Waals surface area contributed by atoms with Gasteiger partial charge in [0.25, 0.3) is 0 Å². The molecule has 0 radical (unpaired) electrons. The molecule has 0 aromatic heterocycles. The number of hydrogen-bond acceptors (Lipinski definition) is 5. The topological polar surface area (TPSA) is 79.6 Å². The van der Waals surface area contributed by atoms with E-state index in [9.17, 15) is 8.42 Å². The van der Waals surface area contributed by atoms with Crippen LogP contribution in [0.3, 0.4) is 0 Å². The molecule has 0 aliphatic carbocycles. The maximum absolute atomic E-state index is 12.9. The lowest BCUT2D eigenvalue weighted by Gasteiger charge is -2.20. The van der Waals surface area contributed by atoms with Crippen molar-refractivity contribution < 1.29 is 17.9 Å². The van der Waals surface area contributed by atoms with Gasteiger partial charge in [0.15, 0.2) is 11.5 Å². The number of sulfonamides is 1. The van der Waals surface area contributed by atoms with Crippen LogP contribution in [0.15, 0.2) is 41.3 Å². The van der Waals surface area contributed by atoms with Gasteiger partial charge in [0.1, 0.15) is 0 Å². The van der Waals surface area contributed by atoms with Crippen LogP contribution in [0.5, 0.6) is 11.5 Å². The highest BCUT2D eigenvalue weighted by Gasteiger charge is 2.25. The summed E-state index contributed by atoms with van der Waals surface area (Å²) in [7, 11) is 0.774. The van der Waals surface area contributed by atoms with Crippen LogP contribution in [0.25, 0.3) is 0 Å². The number of aryl methyl sites for hydroxylation is 1. The van der Waals surface area contributed by atoms with Crippen LogP contribution in [-0.4, -0.2) is 34.0 Å². The molecule has 2 rings (SSSR count). The van der Waals surface area contributed by atoms with Gasteiger partial charge < -0.3 is 9.47 Å². The quantitative estimate of drug-likeness (QED) is 0.791. The number of nitrogens with zero attached hydrogens (tertiary/aromatic N) is 2. The lowest BCUT2D eigenvalue weighted by atomic mass is 10.1. The minimum absolute atomic E-state index is 0.168. The number of methoxy groups -OCH3 is 2. The molecule has 0 fully saturated rings. The van der Waals surface area contributed by atoms with Crippen molar-refractivity contribution in [2.24, 2.45) is 0 Å². The molecule has 0 saturated carbocycles. The van der Waals surface area contributed by atoms with E-state index in [1.807, 2.05) is 6.07 Å². The predicted octanol–water partition coefficient (Wildman–Crippen LogP) is 2.70. The fourth-order valence-electron chi connectivity index (χ4n) is 2.43. The van der Waals surface area contributed by atoms with Crippen LogP contribution < -0.4 is 9.47 Å². The van der Waals surface area contributed by atoms with Crippen molar-refractivity contribution in [2.45, 2.75) is 18.4 Å². The van der Waals surface area contributed by atoms with Crippen LogP contribution in [0.2, 0.25) is 0 Å². The monoisotopic (exact) mass is 360 g/mol. The average Bonchev–Trinajstić information content (AvgIpc) is 2.61. The Balaban J connectivity index is 2.35. The van der Waals surface area contributed by atoms with E-state index in [1.165, 1.54) is 31.6 Å². The van der Waals surface area contributed by atoms with Gasteiger partial charge in [-0.05, 0) is 36.2 Å². The second-order valence-electron chi connectivity index (χ2n) is 5.54. The summed E-state index contributed by atoms with van der Waals surface area (Å²) in [6.07, 6.45) is 0. The molecule has 0 aliphatic rings. The minimum Gasteiger partial charge on any atom is -0.493 e. The van der Waals surface area contributed by atoms with E-state index >= 15 is 0 Å². The first-order valence-corrected chi connectivity index (χ1v) is 8.95. The molecule has 0 saturated heterocycles. The van der Waals surface area contributed by atoms with Crippen molar-refractivity contribution in [1.29, 1.82) is 5.26 Å². The van der Waals surface area contributed by atoms with Crippen LogP contribution >= 0.6 is 0 Å². The summed E-state index contributed by atoms with van der Waals surface area (Å²) in [6, 6.07) is 12.0. The van der Waals surface area contributed by atoms with Crippen LogP contribution in [0, 0.1) is 18.3 Å². The summed E-state index contributed by atoms with van der Waals surface area (Å²) >= 11 is 0. The first-order chi connectivity index (χ1) is 11.8. The smallest absolute Gasteiger partial charge is 0.243 e. The third-order valence-corrected chi connectivity index (χ3v) is 5.80. The van der Waals surface area contributed by atoms with Gasteiger partial charge in [-0.15, -0.1) is 0 Å². The number of rotatable bonds is 6. The van der Waals surface area contributed by atoms with E-state index < -0.39 is 10.0 Å². The summed E-state index contributed by atoms with van der Waals surface area (Å²) in [6.45, 7) is 1.91. The largest absolute Gasteiger partial charge is 0.493 e. The first kappa shape index (κ1) is 18.8. The van der Waals surface area contributed by atoms with Crippen molar-refractivity contribution in [3.05, 3.63) is 53.1 Å². The second kappa shape index (κ2) is 7.55. The normalized spacial score (nSPS) is 11.2. The van der Waals surface area contributed by atoms with E-state index in [4.69, 9.17) is 14.7 Å². The van der Waals surface area contributed by atoms with E-state index in [0.29, 0.717) is 22.6 Å².